The number of nitrogens with zero attached hydrogens (tertiary/aromatic N) is 3. The molecule has 2 amide bonds. The number of carbonyl (C=O) groups is 2. The number of fused-ring (bicyclic) bond motifs is 1. The number of carbonyl (C=O) groups excluding carboxylic acids is 2. The molecule has 3 atom stereocenters. The maximum Gasteiger partial charge on any atom is 0.272 e. The normalized spacial score (nSPS) is 23.3. The molecule has 0 unspecified atom stereocenters. The number of aromatic nitrogens is 1. The molecule has 0 radical (unpaired) electrons. The number of amides is 2. The van der Waals surface area contributed by atoms with E-state index in [0.717, 1.165) is 11.1 Å². The van der Waals surface area contributed by atoms with Gasteiger partial charge in [-0.15, -0.1) is 0 Å². The Morgan fingerprint density at radius 2 is 2.03 bits per heavy atom. The molecule has 1 aromatic heterocycles. The average Bonchev–Trinajstić information content (AvgIpc) is 3.26. The van der Waals surface area contributed by atoms with Crippen LogP contribution in [-0.4, -0.2) is 59.9 Å². The lowest BCUT2D eigenvalue weighted by molar-refractivity contribution is -0.136. The SMILES string of the molecule is COCC(=O)N1C[C@H]2CN(C(=O)c3ncccc3C)C[C@H]2[C@@H]1c1cccc(F)c1. The summed E-state index contributed by atoms with van der Waals surface area (Å²) in [6.07, 6.45) is 1.62. The fourth-order valence-electron chi connectivity index (χ4n) is 4.65. The summed E-state index contributed by atoms with van der Waals surface area (Å²) < 4.78 is 18.9. The fraction of sp³-hybridized carbons (Fsp3) is 0.409. The number of halogens is 1. The van der Waals surface area contributed by atoms with Crippen molar-refractivity contribution in [2.75, 3.05) is 33.4 Å². The number of hydrogen-bond donors (Lipinski definition) is 0. The van der Waals surface area contributed by atoms with Crippen LogP contribution in [-0.2, 0) is 9.53 Å². The summed E-state index contributed by atoms with van der Waals surface area (Å²) in [5, 5.41) is 0. The van der Waals surface area contributed by atoms with Gasteiger partial charge in [-0.1, -0.05) is 18.2 Å². The van der Waals surface area contributed by atoms with Crippen LogP contribution in [0.15, 0.2) is 42.6 Å². The maximum atomic E-state index is 13.9. The van der Waals surface area contributed by atoms with Crippen LogP contribution in [0.3, 0.4) is 0 Å². The lowest BCUT2D eigenvalue weighted by Crippen LogP contribution is -2.39. The zero-order chi connectivity index (χ0) is 20.5. The molecule has 1 aromatic carbocycles. The van der Waals surface area contributed by atoms with E-state index in [1.807, 2.05) is 30.0 Å². The second-order valence-electron chi connectivity index (χ2n) is 7.78. The number of benzene rings is 1. The topological polar surface area (TPSA) is 62.7 Å². The van der Waals surface area contributed by atoms with Crippen LogP contribution in [0.1, 0.15) is 27.7 Å². The summed E-state index contributed by atoms with van der Waals surface area (Å²) in [4.78, 5) is 33.5. The molecule has 0 spiro atoms. The molecule has 2 aliphatic rings. The minimum atomic E-state index is -0.333. The quantitative estimate of drug-likeness (QED) is 0.795. The van der Waals surface area contributed by atoms with Crippen LogP contribution in [0, 0.1) is 24.6 Å². The van der Waals surface area contributed by atoms with Crippen molar-refractivity contribution in [3.05, 3.63) is 65.2 Å². The molecule has 29 heavy (non-hydrogen) atoms. The highest BCUT2D eigenvalue weighted by molar-refractivity contribution is 5.94. The summed E-state index contributed by atoms with van der Waals surface area (Å²) in [7, 11) is 1.49. The highest BCUT2D eigenvalue weighted by Gasteiger charge is 2.50. The average molecular weight is 397 g/mol. The fourth-order valence-corrected chi connectivity index (χ4v) is 4.65. The van der Waals surface area contributed by atoms with Gasteiger partial charge in [0.1, 0.15) is 18.1 Å². The summed E-state index contributed by atoms with van der Waals surface area (Å²) >= 11 is 0. The van der Waals surface area contributed by atoms with Crippen molar-refractivity contribution < 1.29 is 18.7 Å². The van der Waals surface area contributed by atoms with Crippen LogP contribution in [0.25, 0.3) is 0 Å². The van der Waals surface area contributed by atoms with E-state index in [0.29, 0.717) is 25.3 Å². The van der Waals surface area contributed by atoms with E-state index >= 15 is 0 Å². The van der Waals surface area contributed by atoms with Gasteiger partial charge in [0.2, 0.25) is 5.91 Å². The number of ether oxygens (including phenoxy) is 1. The van der Waals surface area contributed by atoms with Crippen LogP contribution >= 0.6 is 0 Å². The first kappa shape index (κ1) is 19.5. The number of methoxy groups -OCH3 is 1. The molecular weight excluding hydrogens is 373 g/mol. The smallest absolute Gasteiger partial charge is 0.272 e. The highest BCUT2D eigenvalue weighted by Crippen LogP contribution is 2.45. The minimum Gasteiger partial charge on any atom is -0.375 e. The second-order valence-corrected chi connectivity index (χ2v) is 7.78. The summed E-state index contributed by atoms with van der Waals surface area (Å²) in [6.45, 7) is 3.46. The van der Waals surface area contributed by atoms with E-state index in [2.05, 4.69) is 4.98 Å². The Kier molecular flexibility index (Phi) is 5.32. The molecule has 2 fully saturated rings. The zero-order valence-electron chi connectivity index (χ0n) is 16.5. The number of pyridine rings is 1. The van der Waals surface area contributed by atoms with Gasteiger partial charge in [-0.25, -0.2) is 4.39 Å². The Morgan fingerprint density at radius 1 is 1.21 bits per heavy atom. The van der Waals surface area contributed by atoms with E-state index in [1.54, 1.807) is 17.2 Å². The van der Waals surface area contributed by atoms with Crippen LogP contribution < -0.4 is 0 Å². The maximum absolute atomic E-state index is 13.9. The van der Waals surface area contributed by atoms with E-state index in [-0.39, 0.29) is 42.1 Å². The van der Waals surface area contributed by atoms with Crippen molar-refractivity contribution in [1.82, 2.24) is 14.8 Å². The Balaban J connectivity index is 1.61. The molecule has 152 valence electrons. The highest BCUT2D eigenvalue weighted by atomic mass is 19.1. The molecule has 0 N–H and O–H groups in total. The molecule has 0 bridgehead atoms. The first-order valence-electron chi connectivity index (χ1n) is 9.74. The van der Waals surface area contributed by atoms with Gasteiger partial charge in [0.25, 0.3) is 5.91 Å². The standard InChI is InChI=1S/C22H24FN3O3/c1-14-5-4-8-24-20(14)22(28)25-10-16-11-26(19(27)13-29-2)21(18(16)12-25)15-6-3-7-17(23)9-15/h3-9,16,18,21H,10-13H2,1-2H3/t16-,18-,21+/m1/s1. The van der Waals surface area contributed by atoms with Crippen molar-refractivity contribution in [2.24, 2.45) is 11.8 Å². The Bertz CT molecular complexity index is 935. The first-order valence-corrected chi connectivity index (χ1v) is 9.74. The second kappa shape index (κ2) is 7.91. The van der Waals surface area contributed by atoms with Crippen molar-refractivity contribution in [1.29, 1.82) is 0 Å². The summed E-state index contributed by atoms with van der Waals surface area (Å²) in [6, 6.07) is 9.78. The predicted molar refractivity (Wildman–Crippen MR) is 105 cm³/mol. The van der Waals surface area contributed by atoms with Crippen molar-refractivity contribution in [3.8, 4) is 0 Å². The molecule has 2 aromatic rings. The van der Waals surface area contributed by atoms with Crippen LogP contribution in [0.2, 0.25) is 0 Å². The van der Waals surface area contributed by atoms with Gasteiger partial charge < -0.3 is 14.5 Å². The lowest BCUT2D eigenvalue weighted by atomic mass is 9.89. The summed E-state index contributed by atoms with van der Waals surface area (Å²) in [5.74, 6) is -0.359. The molecule has 2 aliphatic heterocycles. The molecule has 0 saturated carbocycles. The van der Waals surface area contributed by atoms with Gasteiger partial charge in [0.15, 0.2) is 0 Å². The first-order chi connectivity index (χ1) is 14.0. The zero-order valence-corrected chi connectivity index (χ0v) is 16.5. The predicted octanol–water partition coefficient (Wildman–Crippen LogP) is 2.45. The van der Waals surface area contributed by atoms with Crippen LogP contribution in [0.5, 0.6) is 0 Å². The largest absolute Gasteiger partial charge is 0.375 e. The molecule has 0 aliphatic carbocycles. The third-order valence-electron chi connectivity index (χ3n) is 5.94. The van der Waals surface area contributed by atoms with Gasteiger partial charge >= 0.3 is 0 Å². The van der Waals surface area contributed by atoms with Crippen molar-refractivity contribution in [2.45, 2.75) is 13.0 Å². The van der Waals surface area contributed by atoms with E-state index in [4.69, 9.17) is 4.74 Å². The monoisotopic (exact) mass is 397 g/mol. The van der Waals surface area contributed by atoms with E-state index < -0.39 is 0 Å². The minimum absolute atomic E-state index is 0.0129. The van der Waals surface area contributed by atoms with E-state index in [1.165, 1.54) is 19.2 Å². The molecule has 3 heterocycles. The van der Waals surface area contributed by atoms with Gasteiger partial charge in [-0.3, -0.25) is 14.6 Å². The lowest BCUT2D eigenvalue weighted by Gasteiger charge is -2.30. The van der Waals surface area contributed by atoms with Crippen LogP contribution in [0.4, 0.5) is 4.39 Å². The molecule has 2 saturated heterocycles. The number of rotatable bonds is 4. The number of likely N-dealkylation sites (tertiary alicyclic amines) is 2. The van der Waals surface area contributed by atoms with Gasteiger partial charge in [-0.2, -0.15) is 0 Å². The molecule has 7 heteroatoms. The number of aryl methyl sites for hydroxylation is 1. The van der Waals surface area contributed by atoms with Gasteiger partial charge in [0.05, 0.1) is 6.04 Å². The number of hydrogen-bond acceptors (Lipinski definition) is 4. The Hall–Kier alpha value is -2.80. The summed E-state index contributed by atoms with van der Waals surface area (Å²) in [5.41, 5.74) is 2.06. The molecule has 4 rings (SSSR count). The van der Waals surface area contributed by atoms with E-state index in [9.17, 15) is 14.0 Å². The Labute approximate surface area is 169 Å². The third-order valence-corrected chi connectivity index (χ3v) is 5.94. The van der Waals surface area contributed by atoms with Crippen molar-refractivity contribution in [3.63, 3.8) is 0 Å². The third kappa shape index (κ3) is 3.62. The Morgan fingerprint density at radius 3 is 2.76 bits per heavy atom. The van der Waals surface area contributed by atoms with Crippen molar-refractivity contribution >= 4 is 11.8 Å². The molecule has 6 nitrogen and oxygen atoms in total. The van der Waals surface area contributed by atoms with Gasteiger partial charge in [-0.05, 0) is 36.2 Å². The van der Waals surface area contributed by atoms with Gasteiger partial charge in [0, 0.05) is 44.8 Å². The molecular formula is C22H24FN3O3.